The summed E-state index contributed by atoms with van der Waals surface area (Å²) in [4.78, 5) is 5.53. The van der Waals surface area contributed by atoms with Gasteiger partial charge >= 0.3 is 0 Å². The number of rotatable bonds is 2. The molecule has 3 aliphatic rings. The van der Waals surface area contributed by atoms with Crippen molar-refractivity contribution in [3.8, 4) is 0 Å². The van der Waals surface area contributed by atoms with Crippen LogP contribution in [0.1, 0.15) is 65.2 Å². The molecule has 1 aliphatic heterocycles. The van der Waals surface area contributed by atoms with Gasteiger partial charge in [-0.3, -0.25) is 9.80 Å². The van der Waals surface area contributed by atoms with Gasteiger partial charge in [0.15, 0.2) is 0 Å². The number of nitrogens with zero attached hydrogens (tertiary/aromatic N) is 2. The van der Waals surface area contributed by atoms with Gasteiger partial charge in [0.05, 0.1) is 6.17 Å². The van der Waals surface area contributed by atoms with Crippen molar-refractivity contribution in [2.45, 2.75) is 83.5 Å². The standard InChI is InChI=1S/C17H32N2/c1-13-7-6-8-15(11-13)12-19-14(2)18(3)16-9-4-5-10-17(16)19/h13-17H,4-12H2,1-3H3. The van der Waals surface area contributed by atoms with Crippen molar-refractivity contribution in [1.29, 1.82) is 0 Å². The summed E-state index contributed by atoms with van der Waals surface area (Å²) in [5.41, 5.74) is 0. The van der Waals surface area contributed by atoms with Crippen LogP contribution in [0.25, 0.3) is 0 Å². The van der Waals surface area contributed by atoms with Gasteiger partial charge in [0, 0.05) is 18.6 Å². The average Bonchev–Trinajstić information content (AvgIpc) is 2.65. The van der Waals surface area contributed by atoms with E-state index in [1.807, 2.05) is 0 Å². The van der Waals surface area contributed by atoms with Crippen LogP contribution in [0.4, 0.5) is 0 Å². The summed E-state index contributed by atoms with van der Waals surface area (Å²) in [7, 11) is 2.36. The largest absolute Gasteiger partial charge is 0.287 e. The molecule has 2 saturated carbocycles. The van der Waals surface area contributed by atoms with E-state index in [1.165, 1.54) is 57.9 Å². The Hall–Kier alpha value is -0.0800. The molecular formula is C17H32N2. The molecule has 2 nitrogen and oxygen atoms in total. The van der Waals surface area contributed by atoms with Gasteiger partial charge in [-0.05, 0) is 51.5 Å². The first-order valence-electron chi connectivity index (χ1n) is 8.64. The number of likely N-dealkylation sites (N-methyl/N-ethyl adjacent to an activating group) is 1. The molecule has 5 atom stereocenters. The molecule has 0 N–H and O–H groups in total. The molecule has 0 amide bonds. The Morgan fingerprint density at radius 1 is 0.895 bits per heavy atom. The third kappa shape index (κ3) is 2.71. The third-order valence-corrected chi connectivity index (χ3v) is 6.23. The second-order valence-corrected chi connectivity index (χ2v) is 7.55. The number of hydrogen-bond donors (Lipinski definition) is 0. The highest BCUT2D eigenvalue weighted by atomic mass is 15.4. The van der Waals surface area contributed by atoms with Gasteiger partial charge in [-0.15, -0.1) is 0 Å². The van der Waals surface area contributed by atoms with Crippen molar-refractivity contribution in [3.63, 3.8) is 0 Å². The quantitative estimate of drug-likeness (QED) is 0.750. The van der Waals surface area contributed by atoms with Gasteiger partial charge in [-0.1, -0.05) is 32.6 Å². The van der Waals surface area contributed by atoms with Crippen molar-refractivity contribution in [3.05, 3.63) is 0 Å². The molecule has 0 aromatic heterocycles. The molecular weight excluding hydrogens is 232 g/mol. The summed E-state index contributed by atoms with van der Waals surface area (Å²) in [6, 6.07) is 1.72. The van der Waals surface area contributed by atoms with E-state index in [1.54, 1.807) is 0 Å². The van der Waals surface area contributed by atoms with Crippen LogP contribution >= 0.6 is 0 Å². The zero-order valence-corrected chi connectivity index (χ0v) is 13.1. The van der Waals surface area contributed by atoms with Crippen LogP contribution in [0, 0.1) is 11.8 Å². The second kappa shape index (κ2) is 5.73. The van der Waals surface area contributed by atoms with Crippen molar-refractivity contribution in [2.75, 3.05) is 13.6 Å². The van der Waals surface area contributed by atoms with Gasteiger partial charge in [-0.2, -0.15) is 0 Å². The summed E-state index contributed by atoms with van der Waals surface area (Å²) in [6.07, 6.45) is 12.4. The Morgan fingerprint density at radius 2 is 1.63 bits per heavy atom. The van der Waals surface area contributed by atoms with Crippen molar-refractivity contribution in [2.24, 2.45) is 11.8 Å². The van der Waals surface area contributed by atoms with E-state index in [4.69, 9.17) is 0 Å². The van der Waals surface area contributed by atoms with Crippen LogP contribution in [0.15, 0.2) is 0 Å². The Balaban J connectivity index is 1.65. The maximum atomic E-state index is 2.87. The van der Waals surface area contributed by atoms with Gasteiger partial charge in [0.25, 0.3) is 0 Å². The maximum Gasteiger partial charge on any atom is 0.0597 e. The van der Waals surface area contributed by atoms with Crippen molar-refractivity contribution >= 4 is 0 Å². The van der Waals surface area contributed by atoms with Crippen LogP contribution in [0.5, 0.6) is 0 Å². The number of fused-ring (bicyclic) bond motifs is 1. The van der Waals surface area contributed by atoms with Crippen molar-refractivity contribution in [1.82, 2.24) is 9.80 Å². The first-order valence-corrected chi connectivity index (χ1v) is 8.64. The van der Waals surface area contributed by atoms with Crippen molar-refractivity contribution < 1.29 is 0 Å². The molecule has 1 heterocycles. The maximum absolute atomic E-state index is 2.87. The molecule has 2 heteroatoms. The fourth-order valence-electron chi connectivity index (χ4n) is 5.05. The average molecular weight is 264 g/mol. The van der Waals surface area contributed by atoms with Gasteiger partial charge in [0.2, 0.25) is 0 Å². The molecule has 2 aliphatic carbocycles. The summed E-state index contributed by atoms with van der Waals surface area (Å²) >= 11 is 0. The molecule has 0 bridgehead atoms. The Morgan fingerprint density at radius 3 is 2.37 bits per heavy atom. The van der Waals surface area contributed by atoms with Crippen LogP contribution in [-0.4, -0.2) is 41.6 Å². The fraction of sp³-hybridized carbons (Fsp3) is 1.00. The molecule has 19 heavy (non-hydrogen) atoms. The van der Waals surface area contributed by atoms with Crippen LogP contribution in [0.2, 0.25) is 0 Å². The number of hydrogen-bond acceptors (Lipinski definition) is 2. The molecule has 1 saturated heterocycles. The lowest BCUT2D eigenvalue weighted by molar-refractivity contribution is 0.106. The Kier molecular flexibility index (Phi) is 4.19. The lowest BCUT2D eigenvalue weighted by Crippen LogP contribution is -2.42. The summed E-state index contributed by atoms with van der Waals surface area (Å²) < 4.78 is 0. The Labute approximate surface area is 119 Å². The first-order chi connectivity index (χ1) is 9.16. The molecule has 0 spiro atoms. The topological polar surface area (TPSA) is 6.48 Å². The highest BCUT2D eigenvalue weighted by molar-refractivity contribution is 4.98. The van der Waals surface area contributed by atoms with Gasteiger partial charge in [0.1, 0.15) is 0 Å². The minimum atomic E-state index is 0.672. The molecule has 0 aromatic rings. The monoisotopic (exact) mass is 264 g/mol. The molecule has 0 aromatic carbocycles. The Bertz CT molecular complexity index is 304. The van der Waals surface area contributed by atoms with E-state index in [-0.39, 0.29) is 0 Å². The molecule has 3 fully saturated rings. The highest BCUT2D eigenvalue weighted by Gasteiger charge is 2.44. The van der Waals surface area contributed by atoms with Crippen LogP contribution < -0.4 is 0 Å². The predicted molar refractivity (Wildman–Crippen MR) is 81.1 cm³/mol. The summed E-state index contributed by atoms with van der Waals surface area (Å²) in [6.45, 7) is 6.26. The molecule has 0 radical (unpaired) electrons. The van der Waals surface area contributed by atoms with E-state index in [9.17, 15) is 0 Å². The second-order valence-electron chi connectivity index (χ2n) is 7.55. The molecule has 110 valence electrons. The van der Waals surface area contributed by atoms with Crippen LogP contribution in [-0.2, 0) is 0 Å². The highest BCUT2D eigenvalue weighted by Crippen LogP contribution is 2.38. The van der Waals surface area contributed by atoms with E-state index in [0.29, 0.717) is 6.17 Å². The first kappa shape index (κ1) is 13.9. The smallest absolute Gasteiger partial charge is 0.0597 e. The molecule has 5 unspecified atom stereocenters. The van der Waals surface area contributed by atoms with E-state index < -0.39 is 0 Å². The zero-order chi connectivity index (χ0) is 13.4. The molecule has 3 rings (SSSR count). The van der Waals surface area contributed by atoms with E-state index in [0.717, 1.165) is 23.9 Å². The summed E-state index contributed by atoms with van der Waals surface area (Å²) in [5.74, 6) is 1.94. The minimum Gasteiger partial charge on any atom is -0.287 e. The van der Waals surface area contributed by atoms with E-state index >= 15 is 0 Å². The van der Waals surface area contributed by atoms with E-state index in [2.05, 4.69) is 30.7 Å². The lowest BCUT2D eigenvalue weighted by Gasteiger charge is -2.36. The summed E-state index contributed by atoms with van der Waals surface area (Å²) in [5, 5.41) is 0. The SMILES string of the molecule is CC1CCCC(CN2C3CCCCC3N(C)C2C)C1. The van der Waals surface area contributed by atoms with Gasteiger partial charge < -0.3 is 0 Å². The van der Waals surface area contributed by atoms with Crippen LogP contribution in [0.3, 0.4) is 0 Å². The third-order valence-electron chi connectivity index (χ3n) is 6.23. The van der Waals surface area contributed by atoms with Gasteiger partial charge in [-0.25, -0.2) is 0 Å². The zero-order valence-electron chi connectivity index (χ0n) is 13.1. The fourth-order valence-corrected chi connectivity index (χ4v) is 5.05. The normalized spacial score (nSPS) is 45.3. The minimum absolute atomic E-state index is 0.672. The lowest BCUT2D eigenvalue weighted by atomic mass is 9.81. The predicted octanol–water partition coefficient (Wildman–Crippen LogP) is 3.72.